The van der Waals surface area contributed by atoms with E-state index in [1.54, 1.807) is 0 Å². The average Bonchev–Trinajstić information content (AvgIpc) is 1.96. The molecule has 66 valence electrons. The summed E-state index contributed by atoms with van der Waals surface area (Å²) < 4.78 is 25.9. The largest absolute Gasteiger partial charge is 0.266 e. The maximum Gasteiger partial charge on any atom is 0.266 e. The highest BCUT2D eigenvalue weighted by Gasteiger charge is 2.14. The quantitative estimate of drug-likeness (QED) is 0.499. The van der Waals surface area contributed by atoms with Crippen LogP contribution in [-0.2, 0) is 0 Å². The Morgan fingerprint density at radius 1 is 1.42 bits per heavy atom. The van der Waals surface area contributed by atoms with Gasteiger partial charge in [0.25, 0.3) is 6.43 Å². The molecule has 0 aliphatic carbocycles. The fourth-order valence-corrected chi connectivity index (χ4v) is 2.14. The molecule has 0 aliphatic heterocycles. The molecule has 0 spiro atoms. The van der Waals surface area contributed by atoms with Crippen LogP contribution in [0.1, 0.15) is 12.0 Å². The van der Waals surface area contributed by atoms with Gasteiger partial charge in [-0.05, 0) is 60.5 Å². The van der Waals surface area contributed by atoms with E-state index in [4.69, 9.17) is 0 Å². The Morgan fingerprint density at radius 2 is 2.00 bits per heavy atom. The number of hydrogen-bond donors (Lipinski definition) is 0. The number of halogens is 5. The van der Waals surface area contributed by atoms with Crippen molar-refractivity contribution in [3.63, 3.8) is 0 Å². The second-order valence-electron chi connectivity index (χ2n) is 1.94. The Morgan fingerprint density at radius 3 is 2.50 bits per heavy atom. The fourth-order valence-electron chi connectivity index (χ4n) is 0.613. The molecule has 0 bridgehead atoms. The van der Waals surface area contributed by atoms with E-state index in [2.05, 4.69) is 36.8 Å². The molecule has 0 unspecified atom stereocenters. The van der Waals surface area contributed by atoms with Crippen LogP contribution in [0, 0.1) is 3.70 Å². The van der Waals surface area contributed by atoms with Crippen molar-refractivity contribution in [3.8, 4) is 0 Å². The average molecular weight is 413 g/mol. The van der Waals surface area contributed by atoms with E-state index in [9.17, 15) is 8.78 Å². The smallest absolute Gasteiger partial charge is 0.233 e. The highest BCUT2D eigenvalue weighted by molar-refractivity contribution is 14.1. The van der Waals surface area contributed by atoms with E-state index < -0.39 is 6.43 Å². The third-order valence-electron chi connectivity index (χ3n) is 1.15. The van der Waals surface area contributed by atoms with Gasteiger partial charge < -0.3 is 0 Å². The van der Waals surface area contributed by atoms with Crippen molar-refractivity contribution < 1.29 is 8.78 Å². The van der Waals surface area contributed by atoms with Gasteiger partial charge in [0, 0.05) is 0 Å². The highest BCUT2D eigenvalue weighted by Crippen LogP contribution is 2.30. The minimum atomic E-state index is -2.50. The Kier molecular flexibility index (Phi) is 3.84. The van der Waals surface area contributed by atoms with Gasteiger partial charge in [-0.25, -0.2) is 13.8 Å². The van der Waals surface area contributed by atoms with E-state index in [0.29, 0.717) is 8.17 Å². The Bertz CT molecular complexity index is 306. The summed E-state index contributed by atoms with van der Waals surface area (Å²) in [7, 11) is 0. The van der Waals surface area contributed by atoms with Crippen LogP contribution >= 0.6 is 54.5 Å². The molecule has 6 heteroatoms. The number of aromatic nitrogens is 1. The van der Waals surface area contributed by atoms with Gasteiger partial charge in [-0.1, -0.05) is 0 Å². The lowest BCUT2D eigenvalue weighted by Crippen LogP contribution is -1.92. The SMILES string of the molecule is FC(F)c1cc(Br)c(I)nc1Br. The zero-order valence-electron chi connectivity index (χ0n) is 5.49. The molecule has 1 aromatic rings. The third-order valence-corrected chi connectivity index (χ3v) is 3.95. The molecule has 0 saturated heterocycles. The van der Waals surface area contributed by atoms with Crippen LogP contribution in [0.4, 0.5) is 8.78 Å². The van der Waals surface area contributed by atoms with E-state index in [-0.39, 0.29) is 10.2 Å². The number of rotatable bonds is 1. The molecule has 0 atom stereocenters. The lowest BCUT2D eigenvalue weighted by molar-refractivity contribution is 0.150. The van der Waals surface area contributed by atoms with Crippen molar-refractivity contribution in [1.29, 1.82) is 0 Å². The van der Waals surface area contributed by atoms with Gasteiger partial charge in [-0.3, -0.25) is 0 Å². The maximum atomic E-state index is 12.2. The van der Waals surface area contributed by atoms with Crippen molar-refractivity contribution in [1.82, 2.24) is 4.98 Å². The highest BCUT2D eigenvalue weighted by atomic mass is 127. The van der Waals surface area contributed by atoms with Gasteiger partial charge in [-0.15, -0.1) is 0 Å². The van der Waals surface area contributed by atoms with Crippen LogP contribution in [0.3, 0.4) is 0 Å². The number of pyridine rings is 1. The summed E-state index contributed by atoms with van der Waals surface area (Å²) in [5.41, 5.74) is -0.0951. The van der Waals surface area contributed by atoms with Crippen molar-refractivity contribution in [2.75, 3.05) is 0 Å². The molecular weight excluding hydrogens is 411 g/mol. The predicted octanol–water partition coefficient (Wildman–Crippen LogP) is 4.15. The van der Waals surface area contributed by atoms with Gasteiger partial charge in [0.1, 0.15) is 8.30 Å². The zero-order chi connectivity index (χ0) is 9.30. The summed E-state index contributed by atoms with van der Waals surface area (Å²) in [6, 6.07) is 1.36. The number of hydrogen-bond acceptors (Lipinski definition) is 1. The molecule has 0 fully saturated rings. The number of nitrogens with zero attached hydrogens (tertiary/aromatic N) is 1. The monoisotopic (exact) mass is 411 g/mol. The fraction of sp³-hybridized carbons (Fsp3) is 0.167. The van der Waals surface area contributed by atoms with Crippen LogP contribution in [0.15, 0.2) is 15.1 Å². The first-order valence-electron chi connectivity index (χ1n) is 2.82. The molecule has 12 heavy (non-hydrogen) atoms. The third kappa shape index (κ3) is 2.35. The Hall–Kier alpha value is 0.700. The lowest BCUT2D eigenvalue weighted by Gasteiger charge is -2.03. The molecule has 1 heterocycles. The van der Waals surface area contributed by atoms with Gasteiger partial charge in [0.2, 0.25) is 0 Å². The Balaban J connectivity index is 3.23. The minimum Gasteiger partial charge on any atom is -0.233 e. The van der Waals surface area contributed by atoms with Crippen LogP contribution in [0.2, 0.25) is 0 Å². The second kappa shape index (κ2) is 4.28. The van der Waals surface area contributed by atoms with E-state index in [1.807, 2.05) is 22.6 Å². The second-order valence-corrected chi connectivity index (χ2v) is 4.57. The van der Waals surface area contributed by atoms with Crippen molar-refractivity contribution in [3.05, 3.63) is 24.4 Å². The van der Waals surface area contributed by atoms with Crippen LogP contribution in [0.25, 0.3) is 0 Å². The van der Waals surface area contributed by atoms with Crippen molar-refractivity contribution >= 4 is 54.5 Å². The topological polar surface area (TPSA) is 12.9 Å². The molecule has 1 aromatic heterocycles. The normalized spacial score (nSPS) is 10.8. The van der Waals surface area contributed by atoms with Gasteiger partial charge in [0.05, 0.1) is 10.0 Å². The van der Waals surface area contributed by atoms with Crippen molar-refractivity contribution in [2.24, 2.45) is 0 Å². The summed E-state index contributed by atoms with van der Waals surface area (Å²) in [5.74, 6) is 0. The number of alkyl halides is 2. The van der Waals surface area contributed by atoms with E-state index >= 15 is 0 Å². The van der Waals surface area contributed by atoms with Crippen LogP contribution < -0.4 is 0 Å². The molecule has 0 saturated carbocycles. The lowest BCUT2D eigenvalue weighted by atomic mass is 10.3. The molecule has 0 aliphatic rings. The van der Waals surface area contributed by atoms with Gasteiger partial charge in [-0.2, -0.15) is 0 Å². The summed E-state index contributed by atoms with van der Waals surface area (Å²) in [6.07, 6.45) is -2.50. The molecule has 1 nitrogen and oxygen atoms in total. The summed E-state index contributed by atoms with van der Waals surface area (Å²) in [5, 5.41) is 0. The standard InChI is InChI=1S/C6H2Br2F2IN/c7-3-1-2(5(9)10)4(8)12-6(3)11/h1,5H. The summed E-state index contributed by atoms with van der Waals surface area (Å²) in [6.45, 7) is 0. The molecule has 0 N–H and O–H groups in total. The van der Waals surface area contributed by atoms with E-state index in [1.165, 1.54) is 6.07 Å². The zero-order valence-corrected chi connectivity index (χ0v) is 10.8. The summed E-state index contributed by atoms with van der Waals surface area (Å²) >= 11 is 8.05. The van der Waals surface area contributed by atoms with Gasteiger partial charge in [0.15, 0.2) is 0 Å². The molecule has 0 aromatic carbocycles. The Labute approximate surface area is 98.3 Å². The predicted molar refractivity (Wildman–Crippen MR) is 57.3 cm³/mol. The first-order chi connectivity index (χ1) is 5.52. The molecule has 0 radical (unpaired) electrons. The molecule has 1 rings (SSSR count). The minimum absolute atomic E-state index is 0.0951. The summed E-state index contributed by atoms with van der Waals surface area (Å²) in [4.78, 5) is 3.87. The van der Waals surface area contributed by atoms with E-state index in [0.717, 1.165) is 0 Å². The first kappa shape index (κ1) is 10.8. The molecule has 0 amide bonds. The van der Waals surface area contributed by atoms with Gasteiger partial charge >= 0.3 is 0 Å². The maximum absolute atomic E-state index is 12.2. The van der Waals surface area contributed by atoms with Crippen LogP contribution in [0.5, 0.6) is 0 Å². The first-order valence-corrected chi connectivity index (χ1v) is 5.48. The van der Waals surface area contributed by atoms with Crippen molar-refractivity contribution in [2.45, 2.75) is 6.43 Å². The molecular formula is C6H2Br2F2IN. The van der Waals surface area contributed by atoms with Crippen LogP contribution in [-0.4, -0.2) is 4.98 Å².